The molecule has 0 bridgehead atoms. The number of benzene rings is 1. The van der Waals surface area contributed by atoms with Crippen molar-refractivity contribution in [3.05, 3.63) is 52.9 Å². The molecule has 0 aliphatic heterocycles. The van der Waals surface area contributed by atoms with Gasteiger partial charge in [0.1, 0.15) is 17.8 Å². The second-order valence-electron chi connectivity index (χ2n) is 6.00. The van der Waals surface area contributed by atoms with Gasteiger partial charge in [0.25, 0.3) is 5.91 Å². The molecule has 1 aromatic carbocycles. The van der Waals surface area contributed by atoms with E-state index in [1.54, 1.807) is 6.07 Å². The summed E-state index contributed by atoms with van der Waals surface area (Å²) in [6, 6.07) is 9.41. The second kappa shape index (κ2) is 9.96. The van der Waals surface area contributed by atoms with Crippen LogP contribution in [-0.2, 0) is 6.42 Å². The van der Waals surface area contributed by atoms with Gasteiger partial charge in [-0.3, -0.25) is 4.79 Å². The molecule has 2 aromatic rings. The first-order valence-electron chi connectivity index (χ1n) is 8.28. The van der Waals surface area contributed by atoms with Crippen LogP contribution in [0.4, 0.5) is 5.82 Å². The molecule has 2 rings (SSSR count). The molecule has 1 amide bonds. The summed E-state index contributed by atoms with van der Waals surface area (Å²) in [5, 5.41) is 6.82. The standard InChI is InChI=1S/C18H24ClN5O/c1-24(2)11-3-9-21-18(25)16-12-17(23-13-22-16)20-10-8-14-4-6-15(19)7-5-14/h4-7,12-13H,3,8-11H2,1-2H3,(H,21,25)(H,20,22,23). The molecule has 0 fully saturated rings. The van der Waals surface area contributed by atoms with E-state index >= 15 is 0 Å². The van der Waals surface area contributed by atoms with E-state index in [1.165, 1.54) is 11.9 Å². The van der Waals surface area contributed by atoms with Crippen molar-refractivity contribution in [2.75, 3.05) is 39.0 Å². The summed E-state index contributed by atoms with van der Waals surface area (Å²) < 4.78 is 0. The molecule has 0 unspecified atom stereocenters. The summed E-state index contributed by atoms with van der Waals surface area (Å²) in [7, 11) is 4.02. The van der Waals surface area contributed by atoms with Crippen LogP contribution >= 0.6 is 11.6 Å². The van der Waals surface area contributed by atoms with Gasteiger partial charge in [-0.2, -0.15) is 0 Å². The highest BCUT2D eigenvalue weighted by Gasteiger charge is 2.08. The Morgan fingerprint density at radius 1 is 1.16 bits per heavy atom. The zero-order chi connectivity index (χ0) is 18.1. The first kappa shape index (κ1) is 19.1. The van der Waals surface area contributed by atoms with Gasteiger partial charge < -0.3 is 15.5 Å². The van der Waals surface area contributed by atoms with Gasteiger partial charge in [-0.25, -0.2) is 9.97 Å². The smallest absolute Gasteiger partial charge is 0.270 e. The first-order valence-corrected chi connectivity index (χ1v) is 8.65. The molecule has 25 heavy (non-hydrogen) atoms. The molecule has 1 heterocycles. The molecule has 0 atom stereocenters. The van der Waals surface area contributed by atoms with Crippen LogP contribution in [-0.4, -0.2) is 54.5 Å². The van der Waals surface area contributed by atoms with E-state index < -0.39 is 0 Å². The maximum absolute atomic E-state index is 12.1. The highest BCUT2D eigenvalue weighted by molar-refractivity contribution is 6.30. The fourth-order valence-corrected chi connectivity index (χ4v) is 2.38. The topological polar surface area (TPSA) is 70.2 Å². The van der Waals surface area contributed by atoms with Crippen molar-refractivity contribution in [1.82, 2.24) is 20.2 Å². The van der Waals surface area contributed by atoms with E-state index in [0.717, 1.165) is 24.4 Å². The molecular formula is C18H24ClN5O. The molecule has 134 valence electrons. The minimum absolute atomic E-state index is 0.179. The van der Waals surface area contributed by atoms with Gasteiger partial charge in [0.2, 0.25) is 0 Å². The van der Waals surface area contributed by atoms with Crippen LogP contribution in [0.5, 0.6) is 0 Å². The maximum atomic E-state index is 12.1. The predicted octanol–water partition coefficient (Wildman–Crippen LogP) is 2.47. The molecule has 6 nitrogen and oxygen atoms in total. The molecule has 0 saturated heterocycles. The number of halogens is 1. The molecule has 2 N–H and O–H groups in total. The summed E-state index contributed by atoms with van der Waals surface area (Å²) in [6.45, 7) is 2.27. The van der Waals surface area contributed by atoms with Crippen LogP contribution in [0.25, 0.3) is 0 Å². The van der Waals surface area contributed by atoms with E-state index in [2.05, 4.69) is 25.5 Å². The molecule has 0 spiro atoms. The number of nitrogens with one attached hydrogen (secondary N) is 2. The highest BCUT2D eigenvalue weighted by Crippen LogP contribution is 2.10. The number of nitrogens with zero attached hydrogens (tertiary/aromatic N) is 3. The lowest BCUT2D eigenvalue weighted by atomic mass is 10.1. The molecular weight excluding hydrogens is 338 g/mol. The lowest BCUT2D eigenvalue weighted by Gasteiger charge is -2.10. The number of aromatic nitrogens is 2. The Balaban J connectivity index is 1.79. The molecule has 0 radical (unpaired) electrons. The first-order chi connectivity index (χ1) is 12.0. The van der Waals surface area contributed by atoms with E-state index in [-0.39, 0.29) is 5.91 Å². The summed E-state index contributed by atoms with van der Waals surface area (Å²) in [6.07, 6.45) is 3.14. The lowest BCUT2D eigenvalue weighted by molar-refractivity contribution is 0.0947. The summed E-state index contributed by atoms with van der Waals surface area (Å²) >= 11 is 5.88. The van der Waals surface area contributed by atoms with Crippen molar-refractivity contribution >= 4 is 23.3 Å². The highest BCUT2D eigenvalue weighted by atomic mass is 35.5. The minimum Gasteiger partial charge on any atom is -0.370 e. The number of carbonyl (C=O) groups is 1. The number of rotatable bonds is 9. The van der Waals surface area contributed by atoms with Crippen molar-refractivity contribution in [2.24, 2.45) is 0 Å². The third-order valence-electron chi connectivity index (χ3n) is 3.60. The van der Waals surface area contributed by atoms with Gasteiger partial charge >= 0.3 is 0 Å². The SMILES string of the molecule is CN(C)CCCNC(=O)c1cc(NCCc2ccc(Cl)cc2)ncn1. The maximum Gasteiger partial charge on any atom is 0.270 e. The minimum atomic E-state index is -0.179. The summed E-state index contributed by atoms with van der Waals surface area (Å²) in [5.41, 5.74) is 1.55. The zero-order valence-electron chi connectivity index (χ0n) is 14.6. The molecule has 0 aliphatic rings. The average molecular weight is 362 g/mol. The number of amides is 1. The van der Waals surface area contributed by atoms with Crippen molar-refractivity contribution in [3.8, 4) is 0 Å². The van der Waals surface area contributed by atoms with Crippen LogP contribution in [0, 0.1) is 0 Å². The molecule has 0 aliphatic carbocycles. The second-order valence-corrected chi connectivity index (χ2v) is 6.44. The number of carbonyl (C=O) groups excluding carboxylic acids is 1. The van der Waals surface area contributed by atoms with E-state index in [9.17, 15) is 4.79 Å². The van der Waals surface area contributed by atoms with Gasteiger partial charge in [-0.05, 0) is 51.2 Å². The Morgan fingerprint density at radius 2 is 1.92 bits per heavy atom. The zero-order valence-corrected chi connectivity index (χ0v) is 15.4. The predicted molar refractivity (Wildman–Crippen MR) is 101 cm³/mol. The van der Waals surface area contributed by atoms with Crippen molar-refractivity contribution in [1.29, 1.82) is 0 Å². The monoisotopic (exact) mass is 361 g/mol. The normalized spacial score (nSPS) is 10.7. The summed E-state index contributed by atoms with van der Waals surface area (Å²) in [4.78, 5) is 22.4. The Labute approximate surface area is 153 Å². The average Bonchev–Trinajstić information content (AvgIpc) is 2.60. The van der Waals surface area contributed by atoms with Crippen LogP contribution < -0.4 is 10.6 Å². The Bertz CT molecular complexity index is 675. The largest absolute Gasteiger partial charge is 0.370 e. The van der Waals surface area contributed by atoms with Crippen molar-refractivity contribution in [2.45, 2.75) is 12.8 Å². The van der Waals surface area contributed by atoms with Gasteiger partial charge in [0.15, 0.2) is 0 Å². The van der Waals surface area contributed by atoms with Crippen molar-refractivity contribution < 1.29 is 4.79 Å². The lowest BCUT2D eigenvalue weighted by Crippen LogP contribution is -2.28. The Kier molecular flexibility index (Phi) is 7.63. The van der Waals surface area contributed by atoms with E-state index in [4.69, 9.17) is 11.6 Å². The van der Waals surface area contributed by atoms with Crippen molar-refractivity contribution in [3.63, 3.8) is 0 Å². The molecule has 0 saturated carbocycles. The molecule has 1 aromatic heterocycles. The fourth-order valence-electron chi connectivity index (χ4n) is 2.25. The summed E-state index contributed by atoms with van der Waals surface area (Å²) in [5.74, 6) is 0.462. The van der Waals surface area contributed by atoms with Crippen LogP contribution in [0.1, 0.15) is 22.5 Å². The van der Waals surface area contributed by atoms with Crippen LogP contribution in [0.3, 0.4) is 0 Å². The van der Waals surface area contributed by atoms with Gasteiger partial charge in [-0.15, -0.1) is 0 Å². The number of anilines is 1. The third kappa shape index (κ3) is 7.07. The van der Waals surface area contributed by atoms with E-state index in [1.807, 2.05) is 38.4 Å². The Hall–Kier alpha value is -2.18. The quantitative estimate of drug-likeness (QED) is 0.671. The number of hydrogen-bond donors (Lipinski definition) is 2. The van der Waals surface area contributed by atoms with Gasteiger partial charge in [0.05, 0.1) is 0 Å². The molecule has 7 heteroatoms. The fraction of sp³-hybridized carbons (Fsp3) is 0.389. The van der Waals surface area contributed by atoms with Gasteiger partial charge in [-0.1, -0.05) is 23.7 Å². The third-order valence-corrected chi connectivity index (χ3v) is 3.85. The number of hydrogen-bond acceptors (Lipinski definition) is 5. The van der Waals surface area contributed by atoms with E-state index in [0.29, 0.717) is 24.6 Å². The van der Waals surface area contributed by atoms with Crippen LogP contribution in [0.2, 0.25) is 5.02 Å². The Morgan fingerprint density at radius 3 is 2.64 bits per heavy atom. The van der Waals surface area contributed by atoms with Crippen LogP contribution in [0.15, 0.2) is 36.7 Å². The van der Waals surface area contributed by atoms with Gasteiger partial charge in [0, 0.05) is 24.2 Å².